The Hall–Kier alpha value is -0.820. The number of hydrogen-bond donors (Lipinski definition) is 1. The molecule has 1 N–H and O–H groups in total. The first-order valence-electron chi connectivity index (χ1n) is 8.55. The first kappa shape index (κ1) is 15.6. The topological polar surface area (TPSA) is 12.0 Å². The van der Waals surface area contributed by atoms with Crippen LogP contribution >= 0.6 is 0 Å². The summed E-state index contributed by atoms with van der Waals surface area (Å²) >= 11 is 0. The van der Waals surface area contributed by atoms with Crippen molar-refractivity contribution in [3.63, 3.8) is 0 Å². The van der Waals surface area contributed by atoms with Crippen molar-refractivity contribution in [2.45, 2.75) is 65.3 Å². The van der Waals surface area contributed by atoms with Crippen LogP contribution < -0.4 is 5.32 Å². The lowest BCUT2D eigenvalue weighted by Crippen LogP contribution is -2.31. The molecular formula is C19H31N. The molecular weight excluding hydrogens is 242 g/mol. The fourth-order valence-corrected chi connectivity index (χ4v) is 3.90. The molecule has 0 radical (unpaired) electrons. The summed E-state index contributed by atoms with van der Waals surface area (Å²) in [5, 5.41) is 3.76. The molecule has 0 aromatic heterocycles. The maximum Gasteiger partial charge on any atom is 0.0351 e. The van der Waals surface area contributed by atoms with Gasteiger partial charge in [-0.3, -0.25) is 0 Å². The van der Waals surface area contributed by atoms with Crippen molar-refractivity contribution in [2.24, 2.45) is 11.8 Å². The fraction of sp³-hybridized carbons (Fsp3) is 0.684. The number of aryl methyl sites for hydroxylation is 1. The van der Waals surface area contributed by atoms with E-state index < -0.39 is 0 Å². The molecule has 20 heavy (non-hydrogen) atoms. The minimum atomic E-state index is 0.559. The van der Waals surface area contributed by atoms with E-state index in [9.17, 15) is 0 Å². The van der Waals surface area contributed by atoms with Crippen molar-refractivity contribution in [2.75, 3.05) is 6.54 Å². The van der Waals surface area contributed by atoms with Gasteiger partial charge in [0.05, 0.1) is 0 Å². The Labute approximate surface area is 125 Å². The summed E-state index contributed by atoms with van der Waals surface area (Å²) < 4.78 is 0. The van der Waals surface area contributed by atoms with E-state index in [1.54, 1.807) is 0 Å². The molecule has 0 aliphatic heterocycles. The molecule has 112 valence electrons. The van der Waals surface area contributed by atoms with Gasteiger partial charge in [0.15, 0.2) is 0 Å². The second kappa shape index (κ2) is 7.83. The fourth-order valence-electron chi connectivity index (χ4n) is 3.90. The highest BCUT2D eigenvalue weighted by atomic mass is 14.9. The third kappa shape index (κ3) is 3.85. The van der Waals surface area contributed by atoms with Gasteiger partial charge in [0.2, 0.25) is 0 Å². The lowest BCUT2D eigenvalue weighted by Gasteiger charge is -2.35. The van der Waals surface area contributed by atoms with Gasteiger partial charge in [-0.1, -0.05) is 63.8 Å². The lowest BCUT2D eigenvalue weighted by molar-refractivity contribution is 0.215. The van der Waals surface area contributed by atoms with Crippen molar-refractivity contribution in [3.8, 4) is 0 Å². The molecule has 1 unspecified atom stereocenters. The van der Waals surface area contributed by atoms with Crippen LogP contribution in [-0.2, 0) is 0 Å². The van der Waals surface area contributed by atoms with Crippen LogP contribution in [0.3, 0.4) is 0 Å². The van der Waals surface area contributed by atoms with Gasteiger partial charge in [0, 0.05) is 6.04 Å². The predicted molar refractivity (Wildman–Crippen MR) is 88.0 cm³/mol. The Morgan fingerprint density at radius 1 is 1.10 bits per heavy atom. The van der Waals surface area contributed by atoms with Crippen LogP contribution in [0, 0.1) is 18.8 Å². The molecule has 1 aliphatic carbocycles. The predicted octanol–water partition coefficient (Wildman–Crippen LogP) is 5.25. The first-order chi connectivity index (χ1) is 9.76. The quantitative estimate of drug-likeness (QED) is 0.746. The van der Waals surface area contributed by atoms with E-state index in [4.69, 9.17) is 0 Å². The van der Waals surface area contributed by atoms with Crippen LogP contribution in [0.5, 0.6) is 0 Å². The molecule has 1 aromatic carbocycles. The van der Waals surface area contributed by atoms with Crippen LogP contribution in [0.25, 0.3) is 0 Å². The van der Waals surface area contributed by atoms with E-state index in [-0.39, 0.29) is 0 Å². The Bertz CT molecular complexity index is 391. The van der Waals surface area contributed by atoms with Gasteiger partial charge in [-0.2, -0.15) is 0 Å². The summed E-state index contributed by atoms with van der Waals surface area (Å²) in [5.74, 6) is 1.82. The molecule has 1 atom stereocenters. The normalized spacial score (nSPS) is 24.6. The first-order valence-corrected chi connectivity index (χ1v) is 8.55. The van der Waals surface area contributed by atoms with E-state index in [0.29, 0.717) is 6.04 Å². The smallest absolute Gasteiger partial charge is 0.0351 e. The Morgan fingerprint density at radius 3 is 2.40 bits per heavy atom. The van der Waals surface area contributed by atoms with Crippen LogP contribution in [-0.4, -0.2) is 6.54 Å². The Balaban J connectivity index is 2.05. The monoisotopic (exact) mass is 273 g/mol. The molecule has 1 fully saturated rings. The Morgan fingerprint density at radius 2 is 1.80 bits per heavy atom. The van der Waals surface area contributed by atoms with E-state index in [2.05, 4.69) is 50.4 Å². The molecule has 1 heteroatoms. The summed E-state index contributed by atoms with van der Waals surface area (Å²) in [4.78, 5) is 0. The van der Waals surface area contributed by atoms with Gasteiger partial charge in [-0.05, 0) is 49.3 Å². The summed E-state index contributed by atoms with van der Waals surface area (Å²) in [6.45, 7) is 7.87. The molecule has 0 amide bonds. The number of nitrogens with one attached hydrogen (secondary N) is 1. The SMILES string of the molecule is CCCC1CCC(C(NCC)c2ccccc2C)CC1. The van der Waals surface area contributed by atoms with Crippen LogP contribution in [0.1, 0.15) is 69.5 Å². The minimum Gasteiger partial charge on any atom is -0.310 e. The number of rotatable bonds is 6. The summed E-state index contributed by atoms with van der Waals surface area (Å²) in [6.07, 6.45) is 8.46. The zero-order valence-corrected chi connectivity index (χ0v) is 13.5. The van der Waals surface area contributed by atoms with Crippen molar-refractivity contribution >= 4 is 0 Å². The zero-order valence-electron chi connectivity index (χ0n) is 13.5. The van der Waals surface area contributed by atoms with Crippen LogP contribution in [0.4, 0.5) is 0 Å². The Kier molecular flexibility index (Phi) is 6.09. The largest absolute Gasteiger partial charge is 0.310 e. The number of hydrogen-bond acceptors (Lipinski definition) is 1. The van der Waals surface area contributed by atoms with Crippen LogP contribution in [0.2, 0.25) is 0 Å². The van der Waals surface area contributed by atoms with Gasteiger partial charge < -0.3 is 5.32 Å². The van der Waals surface area contributed by atoms with Gasteiger partial charge >= 0.3 is 0 Å². The average molecular weight is 273 g/mol. The van der Waals surface area contributed by atoms with Crippen molar-refractivity contribution in [1.82, 2.24) is 5.32 Å². The van der Waals surface area contributed by atoms with Gasteiger partial charge in [-0.25, -0.2) is 0 Å². The van der Waals surface area contributed by atoms with Crippen molar-refractivity contribution in [3.05, 3.63) is 35.4 Å². The summed E-state index contributed by atoms with van der Waals surface area (Å²) in [5.41, 5.74) is 2.96. The maximum atomic E-state index is 3.76. The third-order valence-corrected chi connectivity index (χ3v) is 5.01. The van der Waals surface area contributed by atoms with E-state index in [1.165, 1.54) is 49.7 Å². The number of benzene rings is 1. The highest BCUT2D eigenvalue weighted by Crippen LogP contribution is 2.39. The summed E-state index contributed by atoms with van der Waals surface area (Å²) in [7, 11) is 0. The molecule has 1 saturated carbocycles. The van der Waals surface area contributed by atoms with Crippen LogP contribution in [0.15, 0.2) is 24.3 Å². The van der Waals surface area contributed by atoms with Gasteiger partial charge in [-0.15, -0.1) is 0 Å². The highest BCUT2D eigenvalue weighted by molar-refractivity contribution is 5.29. The molecule has 0 heterocycles. The van der Waals surface area contributed by atoms with E-state index in [1.807, 2.05) is 0 Å². The molecule has 0 bridgehead atoms. The van der Waals surface area contributed by atoms with Gasteiger partial charge in [0.1, 0.15) is 0 Å². The second-order valence-electron chi connectivity index (χ2n) is 6.46. The van der Waals surface area contributed by atoms with Gasteiger partial charge in [0.25, 0.3) is 0 Å². The molecule has 1 nitrogen and oxygen atoms in total. The summed E-state index contributed by atoms with van der Waals surface area (Å²) in [6, 6.07) is 9.47. The standard InChI is InChI=1S/C19H31N/c1-4-8-16-11-13-17(14-12-16)19(20-5-2)18-10-7-6-9-15(18)3/h6-7,9-10,16-17,19-20H,4-5,8,11-14H2,1-3H3. The highest BCUT2D eigenvalue weighted by Gasteiger charge is 2.28. The third-order valence-electron chi connectivity index (χ3n) is 5.01. The van der Waals surface area contributed by atoms with Crippen molar-refractivity contribution in [1.29, 1.82) is 0 Å². The average Bonchev–Trinajstić information content (AvgIpc) is 2.47. The zero-order chi connectivity index (χ0) is 14.4. The van der Waals surface area contributed by atoms with E-state index >= 15 is 0 Å². The minimum absolute atomic E-state index is 0.559. The second-order valence-corrected chi connectivity index (χ2v) is 6.46. The molecule has 2 rings (SSSR count). The molecule has 0 saturated heterocycles. The van der Waals surface area contributed by atoms with Crippen molar-refractivity contribution < 1.29 is 0 Å². The lowest BCUT2D eigenvalue weighted by atomic mass is 9.75. The molecule has 1 aliphatic rings. The maximum absolute atomic E-state index is 3.76. The molecule has 1 aromatic rings. The van der Waals surface area contributed by atoms with E-state index in [0.717, 1.165) is 18.4 Å². The molecule has 0 spiro atoms.